The van der Waals surface area contributed by atoms with E-state index in [1.807, 2.05) is 0 Å². The second-order valence-corrected chi connectivity index (χ2v) is 7.10. The molecule has 6 heteroatoms. The summed E-state index contributed by atoms with van der Waals surface area (Å²) in [5.41, 5.74) is 9.16. The third-order valence-corrected chi connectivity index (χ3v) is 5.17. The van der Waals surface area contributed by atoms with Gasteiger partial charge in [0, 0.05) is 32.2 Å². The fourth-order valence-electron chi connectivity index (χ4n) is 3.63. The summed E-state index contributed by atoms with van der Waals surface area (Å²) >= 11 is 0. The van der Waals surface area contributed by atoms with Gasteiger partial charge in [0.2, 0.25) is 0 Å². The van der Waals surface area contributed by atoms with Crippen LogP contribution >= 0.6 is 24.0 Å². The van der Waals surface area contributed by atoms with Crippen molar-refractivity contribution >= 4 is 29.9 Å². The molecule has 1 unspecified atom stereocenters. The highest BCUT2D eigenvalue weighted by molar-refractivity contribution is 14.0. The van der Waals surface area contributed by atoms with Gasteiger partial charge < -0.3 is 15.4 Å². The Morgan fingerprint density at radius 3 is 2.52 bits per heavy atom. The lowest BCUT2D eigenvalue weighted by atomic mass is 9.95. The molecule has 2 aliphatic rings. The van der Waals surface area contributed by atoms with E-state index in [1.165, 1.54) is 11.1 Å². The van der Waals surface area contributed by atoms with Crippen molar-refractivity contribution in [2.75, 3.05) is 39.4 Å². The normalized spacial score (nSPS) is 20.1. The first kappa shape index (κ1) is 20.5. The SMILES string of the molecule is CC(C)C(CN=C(N)N1CCOCC1)N1CCc2ccccc2C1.I. The van der Waals surface area contributed by atoms with Crippen molar-refractivity contribution in [2.24, 2.45) is 16.6 Å². The molecule has 1 fully saturated rings. The van der Waals surface area contributed by atoms with Crippen LogP contribution in [0.2, 0.25) is 0 Å². The molecule has 0 aromatic heterocycles. The number of morpholine rings is 1. The van der Waals surface area contributed by atoms with Crippen LogP contribution in [0.3, 0.4) is 0 Å². The maximum Gasteiger partial charge on any atom is 0.191 e. The van der Waals surface area contributed by atoms with Crippen LogP contribution in [0.25, 0.3) is 0 Å². The summed E-state index contributed by atoms with van der Waals surface area (Å²) in [5, 5.41) is 0. The van der Waals surface area contributed by atoms with Crippen molar-refractivity contribution in [1.82, 2.24) is 9.80 Å². The summed E-state index contributed by atoms with van der Waals surface area (Å²) in [6, 6.07) is 9.22. The van der Waals surface area contributed by atoms with E-state index in [9.17, 15) is 0 Å². The van der Waals surface area contributed by atoms with Gasteiger partial charge in [0.15, 0.2) is 5.96 Å². The third kappa shape index (κ3) is 5.31. The first-order chi connectivity index (χ1) is 11.6. The van der Waals surface area contributed by atoms with Crippen molar-refractivity contribution in [3.63, 3.8) is 0 Å². The summed E-state index contributed by atoms with van der Waals surface area (Å²) in [6.07, 6.45) is 1.13. The first-order valence-corrected chi connectivity index (χ1v) is 9.08. The van der Waals surface area contributed by atoms with Gasteiger partial charge in [0.1, 0.15) is 0 Å². The topological polar surface area (TPSA) is 54.1 Å². The number of halogens is 1. The van der Waals surface area contributed by atoms with E-state index < -0.39 is 0 Å². The fourth-order valence-corrected chi connectivity index (χ4v) is 3.63. The van der Waals surface area contributed by atoms with E-state index in [1.54, 1.807) is 0 Å². The Kier molecular flexibility index (Phi) is 7.96. The summed E-state index contributed by atoms with van der Waals surface area (Å²) in [5.74, 6) is 1.22. The van der Waals surface area contributed by atoms with E-state index >= 15 is 0 Å². The molecule has 0 spiro atoms. The lowest BCUT2D eigenvalue weighted by molar-refractivity contribution is 0.0672. The second kappa shape index (κ2) is 9.73. The van der Waals surface area contributed by atoms with Crippen LogP contribution in [0, 0.1) is 5.92 Å². The monoisotopic (exact) mass is 458 g/mol. The summed E-state index contributed by atoms with van der Waals surface area (Å²) in [4.78, 5) is 9.43. The zero-order chi connectivity index (χ0) is 16.9. The van der Waals surface area contributed by atoms with Gasteiger partial charge in [-0.3, -0.25) is 9.89 Å². The molecule has 0 radical (unpaired) electrons. The van der Waals surface area contributed by atoms with E-state index in [-0.39, 0.29) is 24.0 Å². The van der Waals surface area contributed by atoms with Crippen LogP contribution < -0.4 is 5.73 Å². The minimum absolute atomic E-state index is 0. The minimum atomic E-state index is 0. The van der Waals surface area contributed by atoms with Crippen molar-refractivity contribution in [3.8, 4) is 0 Å². The Labute approximate surface area is 168 Å². The van der Waals surface area contributed by atoms with Gasteiger partial charge in [-0.15, -0.1) is 24.0 Å². The highest BCUT2D eigenvalue weighted by Gasteiger charge is 2.25. The summed E-state index contributed by atoms with van der Waals surface area (Å²) in [6.45, 7) is 10.6. The maximum atomic E-state index is 6.20. The molecule has 25 heavy (non-hydrogen) atoms. The molecule has 0 saturated carbocycles. The van der Waals surface area contributed by atoms with Gasteiger partial charge in [0.25, 0.3) is 0 Å². The average molecular weight is 458 g/mol. The predicted molar refractivity (Wildman–Crippen MR) is 113 cm³/mol. The largest absolute Gasteiger partial charge is 0.378 e. The van der Waals surface area contributed by atoms with E-state index in [4.69, 9.17) is 15.5 Å². The lowest BCUT2D eigenvalue weighted by Gasteiger charge is -2.37. The molecule has 2 N–H and O–H groups in total. The van der Waals surface area contributed by atoms with Crippen LogP contribution in [0.5, 0.6) is 0 Å². The number of guanidine groups is 1. The van der Waals surface area contributed by atoms with Crippen LogP contribution in [0.1, 0.15) is 25.0 Å². The van der Waals surface area contributed by atoms with Crippen LogP contribution in [-0.2, 0) is 17.7 Å². The number of nitrogens with zero attached hydrogens (tertiary/aromatic N) is 3. The van der Waals surface area contributed by atoms with Crippen molar-refractivity contribution in [2.45, 2.75) is 32.9 Å². The van der Waals surface area contributed by atoms with Crippen LogP contribution in [-0.4, -0.2) is 61.2 Å². The molecule has 140 valence electrons. The molecule has 0 aliphatic carbocycles. The standard InChI is InChI=1S/C19H30N4O.HI/c1-15(2)18(13-21-19(20)22-9-11-24-12-10-22)23-8-7-16-5-3-4-6-17(16)14-23;/h3-6,15,18H,7-14H2,1-2H3,(H2,20,21);1H. The quantitative estimate of drug-likeness (QED) is 0.428. The zero-order valence-corrected chi connectivity index (χ0v) is 17.7. The van der Waals surface area contributed by atoms with Gasteiger partial charge in [-0.2, -0.15) is 0 Å². The first-order valence-electron chi connectivity index (χ1n) is 9.08. The molecule has 2 aliphatic heterocycles. The Bertz CT molecular complexity index is 572. The van der Waals surface area contributed by atoms with Crippen molar-refractivity contribution in [3.05, 3.63) is 35.4 Å². The maximum absolute atomic E-state index is 6.20. The van der Waals surface area contributed by atoms with Gasteiger partial charge in [-0.1, -0.05) is 38.1 Å². The molecular formula is C19H31IN4O. The number of ether oxygens (including phenoxy) is 1. The fraction of sp³-hybridized carbons (Fsp3) is 0.632. The Morgan fingerprint density at radius 2 is 1.84 bits per heavy atom. The molecule has 3 rings (SSSR count). The Balaban J connectivity index is 0.00000225. The highest BCUT2D eigenvalue weighted by atomic mass is 127. The van der Waals surface area contributed by atoms with E-state index in [0.717, 1.165) is 52.4 Å². The summed E-state index contributed by atoms with van der Waals surface area (Å²) in [7, 11) is 0. The number of hydrogen-bond donors (Lipinski definition) is 1. The second-order valence-electron chi connectivity index (χ2n) is 7.10. The number of hydrogen-bond acceptors (Lipinski definition) is 3. The smallest absolute Gasteiger partial charge is 0.191 e. The molecule has 0 bridgehead atoms. The van der Waals surface area contributed by atoms with Crippen molar-refractivity contribution < 1.29 is 4.74 Å². The van der Waals surface area contributed by atoms with Crippen LogP contribution in [0.15, 0.2) is 29.3 Å². The molecule has 1 saturated heterocycles. The molecule has 2 heterocycles. The Hall–Kier alpha value is -0.860. The van der Waals surface area contributed by atoms with E-state index in [0.29, 0.717) is 17.9 Å². The third-order valence-electron chi connectivity index (χ3n) is 5.17. The number of aliphatic imine (C=N–C) groups is 1. The van der Waals surface area contributed by atoms with Crippen LogP contribution in [0.4, 0.5) is 0 Å². The minimum Gasteiger partial charge on any atom is -0.378 e. The summed E-state index contributed by atoms with van der Waals surface area (Å²) < 4.78 is 5.38. The number of nitrogens with two attached hydrogens (primary N) is 1. The number of benzene rings is 1. The molecule has 1 aromatic rings. The van der Waals surface area contributed by atoms with Gasteiger partial charge >= 0.3 is 0 Å². The Morgan fingerprint density at radius 1 is 1.16 bits per heavy atom. The predicted octanol–water partition coefficient (Wildman–Crippen LogP) is 2.33. The number of rotatable bonds is 4. The number of fused-ring (bicyclic) bond motifs is 1. The van der Waals surface area contributed by atoms with E-state index in [2.05, 4.69) is 47.9 Å². The zero-order valence-electron chi connectivity index (χ0n) is 15.4. The highest BCUT2D eigenvalue weighted by Crippen LogP contribution is 2.23. The molecule has 0 amide bonds. The molecule has 5 nitrogen and oxygen atoms in total. The molecular weight excluding hydrogens is 427 g/mol. The molecule has 1 atom stereocenters. The van der Waals surface area contributed by atoms with Gasteiger partial charge in [-0.05, 0) is 23.5 Å². The van der Waals surface area contributed by atoms with Crippen molar-refractivity contribution in [1.29, 1.82) is 0 Å². The van der Waals surface area contributed by atoms with Gasteiger partial charge in [0.05, 0.1) is 19.8 Å². The lowest BCUT2D eigenvalue weighted by Crippen LogP contribution is -2.47. The van der Waals surface area contributed by atoms with Gasteiger partial charge in [-0.25, -0.2) is 0 Å². The molecule has 1 aromatic carbocycles. The average Bonchev–Trinajstić information content (AvgIpc) is 2.62.